The van der Waals surface area contributed by atoms with Gasteiger partial charge in [0.1, 0.15) is 5.75 Å². The molecular formula is C16H16BrNO2. The summed E-state index contributed by atoms with van der Waals surface area (Å²) in [6, 6.07) is 8.89. The topological polar surface area (TPSA) is 52.3 Å². The Bertz CT molecular complexity index is 680. The summed E-state index contributed by atoms with van der Waals surface area (Å²) in [7, 11) is 1.58. The highest BCUT2D eigenvalue weighted by molar-refractivity contribution is 9.10. The van der Waals surface area contributed by atoms with Gasteiger partial charge in [-0.25, -0.2) is 0 Å². The zero-order chi connectivity index (χ0) is 14.9. The van der Waals surface area contributed by atoms with Gasteiger partial charge in [0.15, 0.2) is 5.78 Å². The van der Waals surface area contributed by atoms with Crippen LogP contribution in [0.15, 0.2) is 34.8 Å². The summed E-state index contributed by atoms with van der Waals surface area (Å²) < 4.78 is 6.11. The number of rotatable bonds is 3. The second-order valence-corrected chi connectivity index (χ2v) is 5.51. The molecular weight excluding hydrogens is 318 g/mol. The fourth-order valence-electron chi connectivity index (χ4n) is 2.06. The molecule has 0 amide bonds. The van der Waals surface area contributed by atoms with E-state index < -0.39 is 0 Å². The summed E-state index contributed by atoms with van der Waals surface area (Å²) in [6.07, 6.45) is 0. The maximum atomic E-state index is 12.6. The minimum Gasteiger partial charge on any atom is -0.496 e. The van der Waals surface area contributed by atoms with Crippen LogP contribution in [0.2, 0.25) is 0 Å². The molecule has 2 aromatic carbocycles. The quantitative estimate of drug-likeness (QED) is 0.684. The van der Waals surface area contributed by atoms with Crippen molar-refractivity contribution in [2.45, 2.75) is 13.8 Å². The second-order valence-electron chi connectivity index (χ2n) is 4.65. The molecule has 0 atom stereocenters. The Morgan fingerprint density at radius 3 is 2.50 bits per heavy atom. The lowest BCUT2D eigenvalue weighted by Gasteiger charge is -2.13. The van der Waals surface area contributed by atoms with Crippen LogP contribution in [-0.4, -0.2) is 12.9 Å². The Morgan fingerprint density at radius 2 is 1.90 bits per heavy atom. The molecule has 0 aliphatic carbocycles. The first-order valence-corrected chi connectivity index (χ1v) is 6.99. The summed E-state index contributed by atoms with van der Waals surface area (Å²) in [5.41, 5.74) is 9.56. The van der Waals surface area contributed by atoms with Gasteiger partial charge in [-0.2, -0.15) is 0 Å². The molecule has 0 aliphatic heterocycles. The summed E-state index contributed by atoms with van der Waals surface area (Å²) in [5, 5.41) is 0. The van der Waals surface area contributed by atoms with E-state index in [0.29, 0.717) is 27.0 Å². The van der Waals surface area contributed by atoms with Crippen LogP contribution in [-0.2, 0) is 0 Å². The number of aryl methyl sites for hydroxylation is 1. The number of benzene rings is 2. The third kappa shape index (κ3) is 2.56. The molecule has 0 aliphatic rings. The van der Waals surface area contributed by atoms with Crippen LogP contribution in [0.25, 0.3) is 0 Å². The van der Waals surface area contributed by atoms with E-state index in [4.69, 9.17) is 10.5 Å². The molecule has 0 saturated heterocycles. The standard InChI is InChI=1S/C16H16BrNO2/c1-9-4-6-12(16(20-3)10(9)2)15(19)11-5-7-14(18)13(17)8-11/h4-8H,18H2,1-3H3. The molecule has 0 spiro atoms. The van der Waals surface area contributed by atoms with Gasteiger partial charge in [0.25, 0.3) is 0 Å². The fourth-order valence-corrected chi connectivity index (χ4v) is 2.43. The molecule has 0 fully saturated rings. The Kier molecular flexibility index (Phi) is 4.14. The Hall–Kier alpha value is -1.81. The Morgan fingerprint density at radius 1 is 1.20 bits per heavy atom. The molecule has 2 N–H and O–H groups in total. The monoisotopic (exact) mass is 333 g/mol. The van der Waals surface area contributed by atoms with E-state index in [-0.39, 0.29) is 5.78 Å². The van der Waals surface area contributed by atoms with E-state index in [2.05, 4.69) is 15.9 Å². The molecule has 2 aromatic rings. The van der Waals surface area contributed by atoms with Crippen LogP contribution in [0.5, 0.6) is 5.75 Å². The highest BCUT2D eigenvalue weighted by Gasteiger charge is 2.17. The first kappa shape index (κ1) is 14.6. The van der Waals surface area contributed by atoms with Crippen molar-refractivity contribution in [1.82, 2.24) is 0 Å². The van der Waals surface area contributed by atoms with Crippen LogP contribution in [0.4, 0.5) is 5.69 Å². The van der Waals surface area contributed by atoms with Gasteiger partial charge in [-0.15, -0.1) is 0 Å². The number of hydrogen-bond acceptors (Lipinski definition) is 3. The van der Waals surface area contributed by atoms with Crippen LogP contribution >= 0.6 is 15.9 Å². The molecule has 0 saturated carbocycles. The molecule has 0 heterocycles. The summed E-state index contributed by atoms with van der Waals surface area (Å²) in [4.78, 5) is 12.6. The van der Waals surface area contributed by atoms with Gasteiger partial charge in [-0.05, 0) is 65.2 Å². The normalized spacial score (nSPS) is 10.4. The molecule has 104 valence electrons. The maximum absolute atomic E-state index is 12.6. The van der Waals surface area contributed by atoms with Gasteiger partial charge in [0.2, 0.25) is 0 Å². The van der Waals surface area contributed by atoms with Crippen molar-refractivity contribution in [2.75, 3.05) is 12.8 Å². The Labute approximate surface area is 126 Å². The van der Waals surface area contributed by atoms with Crippen molar-refractivity contribution in [2.24, 2.45) is 0 Å². The third-order valence-electron chi connectivity index (χ3n) is 3.39. The molecule has 0 aromatic heterocycles. The van der Waals surface area contributed by atoms with E-state index in [1.807, 2.05) is 19.9 Å². The van der Waals surface area contributed by atoms with Gasteiger partial charge < -0.3 is 10.5 Å². The van der Waals surface area contributed by atoms with Gasteiger partial charge in [-0.1, -0.05) is 6.07 Å². The second kappa shape index (κ2) is 5.67. The first-order chi connectivity index (χ1) is 9.45. The average Bonchev–Trinajstić information content (AvgIpc) is 2.44. The highest BCUT2D eigenvalue weighted by atomic mass is 79.9. The Balaban J connectivity index is 2.53. The number of nitrogen functional groups attached to an aromatic ring is 1. The number of carbonyl (C=O) groups is 1. The fraction of sp³-hybridized carbons (Fsp3) is 0.188. The number of nitrogens with two attached hydrogens (primary N) is 1. The van der Waals surface area contributed by atoms with E-state index in [1.54, 1.807) is 31.4 Å². The van der Waals surface area contributed by atoms with E-state index in [0.717, 1.165) is 11.1 Å². The lowest BCUT2D eigenvalue weighted by atomic mass is 9.97. The number of carbonyl (C=O) groups excluding carboxylic acids is 1. The van der Waals surface area contributed by atoms with Gasteiger partial charge >= 0.3 is 0 Å². The van der Waals surface area contributed by atoms with Gasteiger partial charge in [0.05, 0.1) is 12.7 Å². The van der Waals surface area contributed by atoms with Crippen molar-refractivity contribution in [3.63, 3.8) is 0 Å². The zero-order valence-corrected chi connectivity index (χ0v) is 13.2. The number of ketones is 1. The maximum Gasteiger partial charge on any atom is 0.196 e. The molecule has 2 rings (SSSR count). The van der Waals surface area contributed by atoms with Crippen molar-refractivity contribution in [3.8, 4) is 5.75 Å². The van der Waals surface area contributed by atoms with Crippen molar-refractivity contribution >= 4 is 27.4 Å². The molecule has 0 radical (unpaired) electrons. The van der Waals surface area contributed by atoms with E-state index >= 15 is 0 Å². The molecule has 0 unspecified atom stereocenters. The smallest absolute Gasteiger partial charge is 0.196 e. The largest absolute Gasteiger partial charge is 0.496 e. The SMILES string of the molecule is COc1c(C(=O)c2ccc(N)c(Br)c2)ccc(C)c1C. The van der Waals surface area contributed by atoms with E-state index in [1.165, 1.54) is 0 Å². The predicted octanol–water partition coefficient (Wildman–Crippen LogP) is 3.89. The first-order valence-electron chi connectivity index (χ1n) is 6.19. The minimum absolute atomic E-state index is 0.0781. The number of anilines is 1. The molecule has 0 bridgehead atoms. The summed E-state index contributed by atoms with van der Waals surface area (Å²) in [6.45, 7) is 3.94. The van der Waals surface area contributed by atoms with Crippen LogP contribution in [0.3, 0.4) is 0 Å². The van der Waals surface area contributed by atoms with Gasteiger partial charge in [-0.3, -0.25) is 4.79 Å². The minimum atomic E-state index is -0.0781. The van der Waals surface area contributed by atoms with Crippen LogP contribution < -0.4 is 10.5 Å². The molecule has 4 heteroatoms. The molecule has 20 heavy (non-hydrogen) atoms. The van der Waals surface area contributed by atoms with Crippen LogP contribution in [0, 0.1) is 13.8 Å². The number of halogens is 1. The predicted molar refractivity (Wildman–Crippen MR) is 84.5 cm³/mol. The number of ether oxygens (including phenoxy) is 1. The average molecular weight is 334 g/mol. The van der Waals surface area contributed by atoms with Crippen molar-refractivity contribution < 1.29 is 9.53 Å². The van der Waals surface area contributed by atoms with E-state index in [9.17, 15) is 4.79 Å². The molecule has 3 nitrogen and oxygen atoms in total. The van der Waals surface area contributed by atoms with Crippen LogP contribution in [0.1, 0.15) is 27.0 Å². The summed E-state index contributed by atoms with van der Waals surface area (Å²) in [5.74, 6) is 0.550. The van der Waals surface area contributed by atoms with Gasteiger partial charge in [0, 0.05) is 15.7 Å². The summed E-state index contributed by atoms with van der Waals surface area (Å²) >= 11 is 3.34. The highest BCUT2D eigenvalue weighted by Crippen LogP contribution is 2.29. The van der Waals surface area contributed by atoms with Crippen molar-refractivity contribution in [1.29, 1.82) is 0 Å². The third-order valence-corrected chi connectivity index (χ3v) is 4.07. The number of methoxy groups -OCH3 is 1. The lowest BCUT2D eigenvalue weighted by Crippen LogP contribution is -2.06. The zero-order valence-electron chi connectivity index (χ0n) is 11.7. The number of hydrogen-bond donors (Lipinski definition) is 1. The van der Waals surface area contributed by atoms with Crippen molar-refractivity contribution in [3.05, 3.63) is 57.1 Å². The lowest BCUT2D eigenvalue weighted by molar-refractivity contribution is 0.103.